The number of morpholine rings is 1. The molecule has 2 aromatic rings. The highest BCUT2D eigenvalue weighted by molar-refractivity contribution is 7.92. The SMILES string of the molecule is CC1CN(C(=O)c2ccc(S(=O)(=O)Nc3ccc(F)cc3)cc2)CC(C)O1. The molecule has 1 N–H and O–H groups in total. The molecule has 0 aromatic heterocycles. The summed E-state index contributed by atoms with van der Waals surface area (Å²) in [5, 5.41) is 0. The van der Waals surface area contributed by atoms with E-state index in [2.05, 4.69) is 4.72 Å². The van der Waals surface area contributed by atoms with Crippen LogP contribution in [0.3, 0.4) is 0 Å². The van der Waals surface area contributed by atoms with Gasteiger partial charge in [-0.1, -0.05) is 0 Å². The van der Waals surface area contributed by atoms with Gasteiger partial charge in [-0.2, -0.15) is 0 Å². The van der Waals surface area contributed by atoms with Crippen molar-refractivity contribution in [2.75, 3.05) is 17.8 Å². The van der Waals surface area contributed by atoms with Gasteiger partial charge >= 0.3 is 0 Å². The number of sulfonamides is 1. The van der Waals surface area contributed by atoms with Crippen molar-refractivity contribution in [3.8, 4) is 0 Å². The van der Waals surface area contributed by atoms with Crippen LogP contribution in [0.1, 0.15) is 24.2 Å². The number of nitrogens with zero attached hydrogens (tertiary/aromatic N) is 1. The zero-order valence-electron chi connectivity index (χ0n) is 15.1. The molecule has 0 spiro atoms. The number of hydrogen-bond donors (Lipinski definition) is 1. The molecular weight excluding hydrogens is 371 g/mol. The maximum atomic E-state index is 12.9. The Morgan fingerprint density at radius 1 is 1.04 bits per heavy atom. The average Bonchev–Trinajstić information content (AvgIpc) is 2.62. The van der Waals surface area contributed by atoms with Gasteiger partial charge in [0.2, 0.25) is 0 Å². The quantitative estimate of drug-likeness (QED) is 0.868. The Kier molecular flexibility index (Phi) is 5.48. The molecule has 1 saturated heterocycles. The minimum Gasteiger partial charge on any atom is -0.372 e. The average molecular weight is 392 g/mol. The van der Waals surface area contributed by atoms with Gasteiger partial charge in [0.05, 0.1) is 17.1 Å². The Morgan fingerprint density at radius 2 is 1.59 bits per heavy atom. The maximum Gasteiger partial charge on any atom is 0.261 e. The van der Waals surface area contributed by atoms with Gasteiger partial charge in [-0.05, 0) is 62.4 Å². The Balaban J connectivity index is 1.74. The van der Waals surface area contributed by atoms with E-state index < -0.39 is 15.8 Å². The van der Waals surface area contributed by atoms with E-state index in [0.717, 1.165) is 0 Å². The molecule has 144 valence electrons. The summed E-state index contributed by atoms with van der Waals surface area (Å²) in [6.07, 6.45) is -0.0884. The van der Waals surface area contributed by atoms with Gasteiger partial charge in [-0.3, -0.25) is 9.52 Å². The van der Waals surface area contributed by atoms with Gasteiger partial charge in [0, 0.05) is 24.3 Å². The number of anilines is 1. The number of amides is 1. The zero-order chi connectivity index (χ0) is 19.6. The van der Waals surface area contributed by atoms with Gasteiger partial charge in [-0.25, -0.2) is 12.8 Å². The van der Waals surface area contributed by atoms with E-state index in [1.807, 2.05) is 13.8 Å². The first-order valence-corrected chi connectivity index (χ1v) is 10.1. The minimum absolute atomic E-state index is 0.0205. The second-order valence-electron chi connectivity index (χ2n) is 6.60. The van der Waals surface area contributed by atoms with Crippen LogP contribution in [-0.2, 0) is 14.8 Å². The smallest absolute Gasteiger partial charge is 0.261 e. The molecule has 2 aromatic carbocycles. The summed E-state index contributed by atoms with van der Waals surface area (Å²) < 4.78 is 45.8. The van der Waals surface area contributed by atoms with Crippen LogP contribution in [0, 0.1) is 5.82 Å². The van der Waals surface area contributed by atoms with Gasteiger partial charge in [0.1, 0.15) is 5.82 Å². The molecule has 0 bridgehead atoms. The molecule has 1 aliphatic rings. The van der Waals surface area contributed by atoms with Crippen molar-refractivity contribution in [2.24, 2.45) is 0 Å². The van der Waals surface area contributed by atoms with E-state index in [9.17, 15) is 17.6 Å². The highest BCUT2D eigenvalue weighted by Crippen LogP contribution is 2.19. The molecule has 0 aliphatic carbocycles. The molecule has 1 heterocycles. The van der Waals surface area contributed by atoms with Crippen molar-refractivity contribution < 1.29 is 22.3 Å². The van der Waals surface area contributed by atoms with Gasteiger partial charge in [0.25, 0.3) is 15.9 Å². The number of hydrogen-bond acceptors (Lipinski definition) is 4. The largest absolute Gasteiger partial charge is 0.372 e. The highest BCUT2D eigenvalue weighted by atomic mass is 32.2. The molecule has 1 amide bonds. The minimum atomic E-state index is -3.83. The standard InChI is InChI=1S/C19H21FN2O4S/c1-13-11-22(12-14(2)26-13)19(23)15-3-9-18(10-4-15)27(24,25)21-17-7-5-16(20)6-8-17/h3-10,13-14,21H,11-12H2,1-2H3. The summed E-state index contributed by atoms with van der Waals surface area (Å²) in [5.41, 5.74) is 0.671. The maximum absolute atomic E-state index is 12.9. The fourth-order valence-electron chi connectivity index (χ4n) is 3.03. The molecule has 0 saturated carbocycles. The van der Waals surface area contributed by atoms with E-state index in [-0.39, 0.29) is 28.7 Å². The summed E-state index contributed by atoms with van der Waals surface area (Å²) in [6.45, 7) is 4.81. The monoisotopic (exact) mass is 392 g/mol. The lowest BCUT2D eigenvalue weighted by atomic mass is 10.1. The molecule has 27 heavy (non-hydrogen) atoms. The van der Waals surface area contributed by atoms with Crippen molar-refractivity contribution in [2.45, 2.75) is 31.0 Å². The second-order valence-corrected chi connectivity index (χ2v) is 8.29. The fraction of sp³-hybridized carbons (Fsp3) is 0.316. The molecule has 8 heteroatoms. The van der Waals surface area contributed by atoms with Gasteiger partial charge < -0.3 is 9.64 Å². The zero-order valence-corrected chi connectivity index (χ0v) is 15.9. The number of halogens is 1. The lowest BCUT2D eigenvalue weighted by Crippen LogP contribution is -2.48. The predicted octanol–water partition coefficient (Wildman–Crippen LogP) is 2.88. The van der Waals surface area contributed by atoms with E-state index in [1.54, 1.807) is 4.90 Å². The number of nitrogens with one attached hydrogen (secondary N) is 1. The van der Waals surface area contributed by atoms with Crippen LogP contribution in [0.2, 0.25) is 0 Å². The van der Waals surface area contributed by atoms with Crippen LogP contribution in [-0.4, -0.2) is 44.5 Å². The summed E-state index contributed by atoms with van der Waals surface area (Å²) in [7, 11) is -3.83. The van der Waals surface area contributed by atoms with E-state index in [0.29, 0.717) is 18.7 Å². The van der Waals surface area contributed by atoms with Crippen LogP contribution in [0.5, 0.6) is 0 Å². The molecular formula is C19H21FN2O4S. The number of benzene rings is 2. The summed E-state index contributed by atoms with van der Waals surface area (Å²) >= 11 is 0. The Labute approximate surface area is 158 Å². The van der Waals surface area contributed by atoms with Crippen LogP contribution < -0.4 is 4.72 Å². The van der Waals surface area contributed by atoms with Crippen molar-refractivity contribution in [1.82, 2.24) is 4.90 Å². The van der Waals surface area contributed by atoms with Crippen LogP contribution in [0.4, 0.5) is 10.1 Å². The van der Waals surface area contributed by atoms with Crippen LogP contribution in [0.25, 0.3) is 0 Å². The third-order valence-corrected chi connectivity index (χ3v) is 5.61. The molecule has 6 nitrogen and oxygen atoms in total. The lowest BCUT2D eigenvalue weighted by molar-refractivity contribution is -0.0586. The van der Waals surface area contributed by atoms with Crippen LogP contribution >= 0.6 is 0 Å². The first-order valence-electron chi connectivity index (χ1n) is 8.58. The van der Waals surface area contributed by atoms with Crippen molar-refractivity contribution >= 4 is 21.6 Å². The second kappa shape index (κ2) is 7.66. The van der Waals surface area contributed by atoms with Gasteiger partial charge in [0.15, 0.2) is 0 Å². The number of ether oxygens (including phenoxy) is 1. The molecule has 0 radical (unpaired) electrons. The van der Waals surface area contributed by atoms with Crippen molar-refractivity contribution in [1.29, 1.82) is 0 Å². The van der Waals surface area contributed by atoms with Crippen LogP contribution in [0.15, 0.2) is 53.4 Å². The topological polar surface area (TPSA) is 75.7 Å². The van der Waals surface area contributed by atoms with Gasteiger partial charge in [-0.15, -0.1) is 0 Å². The van der Waals surface area contributed by atoms with E-state index in [4.69, 9.17) is 4.74 Å². The van der Waals surface area contributed by atoms with Crippen molar-refractivity contribution in [3.05, 3.63) is 59.9 Å². The Bertz CT molecular complexity index is 904. The highest BCUT2D eigenvalue weighted by Gasteiger charge is 2.26. The lowest BCUT2D eigenvalue weighted by Gasteiger charge is -2.35. The number of carbonyl (C=O) groups excluding carboxylic acids is 1. The number of carbonyl (C=O) groups is 1. The third-order valence-electron chi connectivity index (χ3n) is 4.21. The molecule has 1 aliphatic heterocycles. The predicted molar refractivity (Wildman–Crippen MR) is 99.6 cm³/mol. The molecule has 1 fully saturated rings. The Hall–Kier alpha value is -2.45. The molecule has 3 rings (SSSR count). The third kappa shape index (κ3) is 4.64. The molecule has 2 unspecified atom stereocenters. The first-order chi connectivity index (χ1) is 12.7. The Morgan fingerprint density at radius 3 is 2.15 bits per heavy atom. The fourth-order valence-corrected chi connectivity index (χ4v) is 4.09. The van der Waals surface area contributed by atoms with E-state index >= 15 is 0 Å². The number of rotatable bonds is 4. The van der Waals surface area contributed by atoms with E-state index in [1.165, 1.54) is 48.5 Å². The summed E-state index contributed by atoms with van der Waals surface area (Å²) in [6, 6.07) is 10.8. The summed E-state index contributed by atoms with van der Waals surface area (Å²) in [4.78, 5) is 14.4. The van der Waals surface area contributed by atoms with Crippen molar-refractivity contribution in [3.63, 3.8) is 0 Å². The normalized spacial score (nSPS) is 20.3. The first kappa shape index (κ1) is 19.3. The molecule has 2 atom stereocenters. The summed E-state index contributed by atoms with van der Waals surface area (Å²) in [5.74, 6) is -0.611.